The molecule has 0 radical (unpaired) electrons. The van der Waals surface area contributed by atoms with Crippen molar-refractivity contribution in [3.8, 4) is 11.5 Å². The van der Waals surface area contributed by atoms with Gasteiger partial charge in [-0.15, -0.1) is 0 Å². The van der Waals surface area contributed by atoms with Crippen LogP contribution in [0.2, 0.25) is 0 Å². The van der Waals surface area contributed by atoms with Crippen LogP contribution in [0.5, 0.6) is 11.5 Å². The molecule has 1 fully saturated rings. The summed E-state index contributed by atoms with van der Waals surface area (Å²) in [6.45, 7) is 7.05. The van der Waals surface area contributed by atoms with Gasteiger partial charge in [0.15, 0.2) is 6.61 Å². The van der Waals surface area contributed by atoms with Crippen LogP contribution in [0.15, 0.2) is 54.6 Å². The minimum absolute atomic E-state index is 0.0127. The third-order valence-electron chi connectivity index (χ3n) is 5.10. The molecule has 1 N–H and O–H groups in total. The third-order valence-corrected chi connectivity index (χ3v) is 5.10. The molecule has 2 aromatic rings. The molecule has 3 rings (SSSR count). The molecule has 0 saturated carbocycles. The molecule has 0 aliphatic carbocycles. The van der Waals surface area contributed by atoms with E-state index in [-0.39, 0.29) is 12.5 Å². The molecule has 1 aliphatic heterocycles. The normalized spacial score (nSPS) is 17.7. The first-order valence-electron chi connectivity index (χ1n) is 10.3. The summed E-state index contributed by atoms with van der Waals surface area (Å²) >= 11 is 0. The number of carbonyl (C=O) groups is 1. The maximum Gasteiger partial charge on any atom is 0.257 e. The Morgan fingerprint density at radius 3 is 2.41 bits per heavy atom. The minimum Gasteiger partial charge on any atom is -0.494 e. The highest BCUT2D eigenvalue weighted by atomic mass is 16.5. The highest BCUT2D eigenvalue weighted by Crippen LogP contribution is 2.24. The first kappa shape index (κ1) is 21.1. The van der Waals surface area contributed by atoms with Gasteiger partial charge in [0.1, 0.15) is 11.5 Å². The van der Waals surface area contributed by atoms with Crippen LogP contribution < -0.4 is 14.8 Å². The molecule has 2 aromatic carbocycles. The molecule has 0 spiro atoms. The Morgan fingerprint density at radius 1 is 1.03 bits per heavy atom. The quantitative estimate of drug-likeness (QED) is 0.705. The number of nitrogens with zero attached hydrogens (tertiary/aromatic N) is 2. The highest BCUT2D eigenvalue weighted by Gasteiger charge is 2.26. The fourth-order valence-electron chi connectivity index (χ4n) is 3.55. The summed E-state index contributed by atoms with van der Waals surface area (Å²) in [6.07, 6.45) is 0. The summed E-state index contributed by atoms with van der Waals surface area (Å²) in [4.78, 5) is 16.9. The molecule has 0 unspecified atom stereocenters. The number of benzene rings is 2. The zero-order valence-corrected chi connectivity index (χ0v) is 17.3. The Balaban J connectivity index is 1.42. The van der Waals surface area contributed by atoms with Crippen LogP contribution in [0.1, 0.15) is 18.5 Å². The minimum atomic E-state index is -0.107. The lowest BCUT2D eigenvalue weighted by molar-refractivity contribution is -0.123. The van der Waals surface area contributed by atoms with Gasteiger partial charge in [-0.25, -0.2) is 0 Å². The van der Waals surface area contributed by atoms with E-state index in [2.05, 4.69) is 46.4 Å². The van der Waals surface area contributed by atoms with Crippen LogP contribution in [0.3, 0.4) is 0 Å². The van der Waals surface area contributed by atoms with E-state index in [0.29, 0.717) is 24.9 Å². The van der Waals surface area contributed by atoms with Crippen molar-refractivity contribution in [1.29, 1.82) is 0 Å². The summed E-state index contributed by atoms with van der Waals surface area (Å²) in [5.41, 5.74) is 1.32. The Morgan fingerprint density at radius 2 is 1.72 bits per heavy atom. The van der Waals surface area contributed by atoms with Crippen molar-refractivity contribution in [1.82, 2.24) is 15.1 Å². The molecule has 156 valence electrons. The summed E-state index contributed by atoms with van der Waals surface area (Å²) in [5.74, 6) is 1.35. The van der Waals surface area contributed by atoms with E-state index in [1.165, 1.54) is 5.56 Å². The first-order chi connectivity index (χ1) is 14.2. The molecule has 29 heavy (non-hydrogen) atoms. The summed E-state index contributed by atoms with van der Waals surface area (Å²) in [5, 5.41) is 2.97. The monoisotopic (exact) mass is 397 g/mol. The van der Waals surface area contributed by atoms with Crippen molar-refractivity contribution in [2.24, 2.45) is 0 Å². The number of hydrogen-bond acceptors (Lipinski definition) is 5. The van der Waals surface area contributed by atoms with Crippen molar-refractivity contribution in [3.05, 3.63) is 60.2 Å². The molecule has 1 heterocycles. The Hall–Kier alpha value is -2.57. The zero-order chi connectivity index (χ0) is 20.5. The molecule has 1 saturated heterocycles. The van der Waals surface area contributed by atoms with Gasteiger partial charge in [-0.1, -0.05) is 30.3 Å². The number of amides is 1. The number of likely N-dealkylation sites (N-methyl/N-ethyl adjacent to an activating group) is 1. The molecular weight excluding hydrogens is 366 g/mol. The van der Waals surface area contributed by atoms with Gasteiger partial charge in [-0.2, -0.15) is 0 Å². The molecule has 1 aliphatic rings. The Labute approximate surface area is 173 Å². The van der Waals surface area contributed by atoms with Gasteiger partial charge in [0.05, 0.1) is 6.61 Å². The highest BCUT2D eigenvalue weighted by molar-refractivity contribution is 5.77. The largest absolute Gasteiger partial charge is 0.494 e. The molecule has 0 aromatic heterocycles. The van der Waals surface area contributed by atoms with Crippen molar-refractivity contribution in [2.75, 3.05) is 53.0 Å². The fourth-order valence-corrected chi connectivity index (χ4v) is 3.55. The van der Waals surface area contributed by atoms with Crippen molar-refractivity contribution in [2.45, 2.75) is 13.0 Å². The second-order valence-electron chi connectivity index (χ2n) is 7.27. The molecule has 1 atom stereocenters. The Kier molecular flexibility index (Phi) is 7.90. The van der Waals surface area contributed by atoms with Gasteiger partial charge >= 0.3 is 0 Å². The van der Waals surface area contributed by atoms with E-state index in [4.69, 9.17) is 9.47 Å². The van der Waals surface area contributed by atoms with Crippen molar-refractivity contribution >= 4 is 5.91 Å². The van der Waals surface area contributed by atoms with Gasteiger partial charge < -0.3 is 19.7 Å². The number of piperazine rings is 1. The maximum absolute atomic E-state index is 12.1. The lowest BCUT2D eigenvalue weighted by atomic mass is 10.0. The molecule has 1 amide bonds. The topological polar surface area (TPSA) is 54.0 Å². The predicted octanol–water partition coefficient (Wildman–Crippen LogP) is 2.57. The predicted molar refractivity (Wildman–Crippen MR) is 114 cm³/mol. The lowest BCUT2D eigenvalue weighted by Gasteiger charge is -2.40. The van der Waals surface area contributed by atoms with Crippen LogP contribution in [0.25, 0.3) is 0 Å². The van der Waals surface area contributed by atoms with Gasteiger partial charge in [-0.3, -0.25) is 9.69 Å². The second kappa shape index (κ2) is 10.8. The maximum atomic E-state index is 12.1. The van der Waals surface area contributed by atoms with Crippen LogP contribution >= 0.6 is 0 Å². The number of rotatable bonds is 9. The first-order valence-corrected chi connectivity index (χ1v) is 10.3. The third kappa shape index (κ3) is 6.48. The average molecular weight is 398 g/mol. The van der Waals surface area contributed by atoms with Gasteiger partial charge in [0, 0.05) is 38.8 Å². The standard InChI is InChI=1S/C23H31N3O3/c1-3-28-20-9-11-21(12-10-20)29-18-23(27)24-13-14-26-16-15-25(2)17-22(26)19-7-5-4-6-8-19/h4-12,22H,3,13-18H2,1-2H3,(H,24,27)/t22-/m0/s1. The van der Waals surface area contributed by atoms with Crippen LogP contribution in [0.4, 0.5) is 0 Å². The fraction of sp³-hybridized carbons (Fsp3) is 0.435. The van der Waals surface area contributed by atoms with Crippen LogP contribution in [0, 0.1) is 0 Å². The molecule has 0 bridgehead atoms. The number of ether oxygens (including phenoxy) is 2. The average Bonchev–Trinajstić information content (AvgIpc) is 2.75. The molecule has 6 nitrogen and oxygen atoms in total. The van der Waals surface area contributed by atoms with E-state index in [1.807, 2.05) is 37.3 Å². The second-order valence-corrected chi connectivity index (χ2v) is 7.27. The van der Waals surface area contributed by atoms with E-state index in [0.717, 1.165) is 31.9 Å². The SMILES string of the molecule is CCOc1ccc(OCC(=O)NCCN2CCN(C)C[C@H]2c2ccccc2)cc1. The van der Waals surface area contributed by atoms with Crippen molar-refractivity contribution in [3.63, 3.8) is 0 Å². The summed E-state index contributed by atoms with van der Waals surface area (Å²) < 4.78 is 11.0. The summed E-state index contributed by atoms with van der Waals surface area (Å²) in [6, 6.07) is 18.2. The van der Waals surface area contributed by atoms with Crippen LogP contribution in [-0.2, 0) is 4.79 Å². The van der Waals surface area contributed by atoms with Crippen LogP contribution in [-0.4, -0.2) is 68.7 Å². The number of carbonyl (C=O) groups excluding carboxylic acids is 1. The van der Waals surface area contributed by atoms with Gasteiger partial charge in [0.2, 0.25) is 0 Å². The van der Waals surface area contributed by atoms with E-state index >= 15 is 0 Å². The number of nitrogens with one attached hydrogen (secondary N) is 1. The molecule has 6 heteroatoms. The summed E-state index contributed by atoms with van der Waals surface area (Å²) in [7, 11) is 2.16. The van der Waals surface area contributed by atoms with E-state index in [1.54, 1.807) is 0 Å². The Bertz CT molecular complexity index is 752. The van der Waals surface area contributed by atoms with Crippen molar-refractivity contribution < 1.29 is 14.3 Å². The van der Waals surface area contributed by atoms with E-state index in [9.17, 15) is 4.79 Å². The molecular formula is C23H31N3O3. The zero-order valence-electron chi connectivity index (χ0n) is 17.3. The lowest BCUT2D eigenvalue weighted by Crippen LogP contribution is -2.49. The number of hydrogen-bond donors (Lipinski definition) is 1. The van der Waals surface area contributed by atoms with Gasteiger partial charge in [0.25, 0.3) is 5.91 Å². The van der Waals surface area contributed by atoms with E-state index < -0.39 is 0 Å². The smallest absolute Gasteiger partial charge is 0.257 e. The van der Waals surface area contributed by atoms with Gasteiger partial charge in [-0.05, 0) is 43.8 Å².